The molecule has 2 amide bonds. The van der Waals surface area contributed by atoms with E-state index in [9.17, 15) is 14.4 Å². The number of fused-ring (bicyclic) bond motifs is 6. The van der Waals surface area contributed by atoms with E-state index in [1.807, 2.05) is 29.2 Å². The Kier molecular flexibility index (Phi) is 9.35. The van der Waals surface area contributed by atoms with Crippen LogP contribution in [-0.4, -0.2) is 55.6 Å². The van der Waals surface area contributed by atoms with Gasteiger partial charge in [-0.05, 0) is 78.1 Å². The molecule has 2 heterocycles. The molecule has 0 bridgehead atoms. The number of anilines is 1. The lowest BCUT2D eigenvalue weighted by Gasteiger charge is -2.31. The molecule has 4 aromatic rings. The van der Waals surface area contributed by atoms with E-state index in [2.05, 4.69) is 41.6 Å². The number of H-pyrrole nitrogens is 1. The number of hydrogen-bond acceptors (Lipinski definition) is 7. The first-order chi connectivity index (χ1) is 23.1. The van der Waals surface area contributed by atoms with Crippen LogP contribution in [-0.2, 0) is 29.0 Å². The number of amides is 2. The monoisotopic (exact) mass is 652 g/mol. The van der Waals surface area contributed by atoms with Crippen molar-refractivity contribution in [3.63, 3.8) is 0 Å². The van der Waals surface area contributed by atoms with Crippen molar-refractivity contribution >= 4 is 28.4 Å². The summed E-state index contributed by atoms with van der Waals surface area (Å²) < 4.78 is 17.3. The van der Waals surface area contributed by atoms with Crippen LogP contribution in [0.4, 0.5) is 5.69 Å². The number of carbonyl (C=O) groups excluding carboxylic acids is 2. The highest BCUT2D eigenvalue weighted by atomic mass is 16.5. The predicted octanol–water partition coefficient (Wildman–Crippen LogP) is 5.76. The molecule has 3 aromatic carbocycles. The van der Waals surface area contributed by atoms with Gasteiger partial charge in [0.25, 0.3) is 0 Å². The molecule has 2 atom stereocenters. The summed E-state index contributed by atoms with van der Waals surface area (Å²) >= 11 is 0. The Hall–Kier alpha value is -4.99. The van der Waals surface area contributed by atoms with Crippen LogP contribution in [0.5, 0.6) is 17.2 Å². The van der Waals surface area contributed by atoms with Crippen LogP contribution in [0.3, 0.4) is 0 Å². The van der Waals surface area contributed by atoms with Crippen LogP contribution >= 0.6 is 0 Å². The number of para-hydroxylation sites is 1. The number of aryl methyl sites for hydroxylation is 1. The fourth-order valence-electron chi connectivity index (χ4n) is 7.31. The first kappa shape index (κ1) is 32.9. The number of aromatic nitrogens is 1. The second kappa shape index (κ2) is 13.6. The van der Waals surface area contributed by atoms with Gasteiger partial charge >= 0.3 is 0 Å². The Bertz CT molecular complexity index is 1930. The molecule has 48 heavy (non-hydrogen) atoms. The normalized spacial score (nSPS) is 15.9. The third-order valence-corrected chi connectivity index (χ3v) is 9.45. The molecule has 10 heteroatoms. The highest BCUT2D eigenvalue weighted by Crippen LogP contribution is 2.50. The number of nitrogens with one attached hydrogen (secondary N) is 3. The minimum atomic E-state index is -0.608. The lowest BCUT2D eigenvalue weighted by Crippen LogP contribution is -2.46. The zero-order valence-electron chi connectivity index (χ0n) is 28.5. The number of rotatable bonds is 9. The quantitative estimate of drug-likeness (QED) is 0.210. The first-order valence-electron chi connectivity index (χ1n) is 16.5. The summed E-state index contributed by atoms with van der Waals surface area (Å²) in [4.78, 5) is 45.9. The average molecular weight is 653 g/mol. The number of benzene rings is 2. The summed E-state index contributed by atoms with van der Waals surface area (Å²) in [5.41, 5.74) is 6.56. The summed E-state index contributed by atoms with van der Waals surface area (Å²) in [7, 11) is 4.71. The molecule has 0 spiro atoms. The minimum absolute atomic E-state index is 0.0413. The van der Waals surface area contributed by atoms with E-state index >= 15 is 0 Å². The van der Waals surface area contributed by atoms with Crippen LogP contribution in [0.25, 0.3) is 22.0 Å². The van der Waals surface area contributed by atoms with Crippen molar-refractivity contribution in [2.24, 2.45) is 5.92 Å². The Morgan fingerprint density at radius 3 is 2.48 bits per heavy atom. The average Bonchev–Trinajstić information content (AvgIpc) is 3.29. The van der Waals surface area contributed by atoms with Crippen LogP contribution < -0.4 is 30.3 Å². The van der Waals surface area contributed by atoms with Gasteiger partial charge in [0.05, 0.1) is 39.6 Å². The smallest absolute Gasteiger partial charge is 0.245 e. The number of carbonyl (C=O) groups is 2. The maximum Gasteiger partial charge on any atom is 0.245 e. The van der Waals surface area contributed by atoms with E-state index in [0.717, 1.165) is 34.3 Å². The fourth-order valence-corrected chi connectivity index (χ4v) is 7.31. The van der Waals surface area contributed by atoms with E-state index in [-0.39, 0.29) is 23.2 Å². The fraction of sp³-hybridized carbons (Fsp3) is 0.395. The third-order valence-electron chi connectivity index (χ3n) is 9.45. The van der Waals surface area contributed by atoms with Gasteiger partial charge in [0.1, 0.15) is 6.04 Å². The van der Waals surface area contributed by atoms with Crippen LogP contribution in [0.2, 0.25) is 0 Å². The molecule has 0 unspecified atom stereocenters. The van der Waals surface area contributed by atoms with E-state index < -0.39 is 12.1 Å². The van der Waals surface area contributed by atoms with Crippen molar-refractivity contribution in [1.29, 1.82) is 0 Å². The topological polar surface area (TPSA) is 122 Å². The molecule has 1 aromatic heterocycles. The second-order valence-electron chi connectivity index (χ2n) is 13.1. The van der Waals surface area contributed by atoms with Crippen molar-refractivity contribution in [3.05, 3.63) is 81.1 Å². The van der Waals surface area contributed by atoms with Gasteiger partial charge in [0.15, 0.2) is 11.5 Å². The van der Waals surface area contributed by atoms with Crippen LogP contribution in [0.15, 0.2) is 53.3 Å². The molecule has 2 aliphatic rings. The Morgan fingerprint density at radius 1 is 1.00 bits per heavy atom. The Labute approximate surface area is 280 Å². The molecule has 252 valence electrons. The van der Waals surface area contributed by atoms with Crippen molar-refractivity contribution in [1.82, 2.24) is 15.2 Å². The largest absolute Gasteiger partial charge is 0.493 e. The van der Waals surface area contributed by atoms with E-state index in [0.29, 0.717) is 60.9 Å². The predicted molar refractivity (Wildman–Crippen MR) is 187 cm³/mol. The molecular weight excluding hydrogens is 608 g/mol. The summed E-state index contributed by atoms with van der Waals surface area (Å²) in [5.74, 6) is 1.43. The van der Waals surface area contributed by atoms with Gasteiger partial charge in [-0.1, -0.05) is 38.1 Å². The number of hydrogen-bond donors (Lipinski definition) is 3. The van der Waals surface area contributed by atoms with E-state index in [4.69, 9.17) is 14.2 Å². The van der Waals surface area contributed by atoms with Gasteiger partial charge < -0.3 is 34.7 Å². The lowest BCUT2D eigenvalue weighted by atomic mass is 9.95. The standard InChI is InChI=1S/C38H44N4O6/c1-21(2)17-31(38(45)42-16-15-25-24-9-7-8-10-28(24)40-32(25)20-42)41-30-14-12-26-27(19-33(30)44)29(39-22(3)43)13-11-23-18-34(46-4)36(47-5)37(48-6)35(23)26/h7-10,12,14,18-19,21,29,31,40H,11,13,15-17,20H2,1-6H3,(H,39,43)(H,41,44)/t29-,31-/m0/s1. The van der Waals surface area contributed by atoms with Gasteiger partial charge in [-0.3, -0.25) is 14.4 Å². The number of aromatic amines is 1. The van der Waals surface area contributed by atoms with Crippen molar-refractivity contribution in [3.8, 4) is 28.4 Å². The minimum Gasteiger partial charge on any atom is -0.493 e. The molecular formula is C38H44N4O6. The SMILES string of the molecule is COc1cc2c(c(OC)c1OC)-c1ccc(N[C@@H](CC(C)C)C(=O)N3CCc4c([nH]c5ccccc45)C3)c(=O)cc1[C@@H](NC(C)=O)CC2. The molecule has 0 radical (unpaired) electrons. The molecule has 3 N–H and O–H groups in total. The maximum atomic E-state index is 14.2. The molecule has 10 nitrogen and oxygen atoms in total. The number of methoxy groups -OCH3 is 3. The lowest BCUT2D eigenvalue weighted by molar-refractivity contribution is -0.133. The zero-order valence-corrected chi connectivity index (χ0v) is 28.5. The van der Waals surface area contributed by atoms with Crippen LogP contribution in [0, 0.1) is 5.92 Å². The maximum absolute atomic E-state index is 14.2. The third kappa shape index (κ3) is 6.19. The highest BCUT2D eigenvalue weighted by molar-refractivity contribution is 5.88. The molecule has 0 fully saturated rings. The number of nitrogens with zero attached hydrogens (tertiary/aromatic N) is 1. The summed E-state index contributed by atoms with van der Waals surface area (Å²) in [6.07, 6.45) is 2.48. The van der Waals surface area contributed by atoms with Gasteiger partial charge in [-0.2, -0.15) is 0 Å². The van der Waals surface area contributed by atoms with E-state index in [1.165, 1.54) is 17.9 Å². The molecule has 6 rings (SSSR count). The van der Waals surface area contributed by atoms with Gasteiger partial charge in [0.2, 0.25) is 23.0 Å². The summed E-state index contributed by atoms with van der Waals surface area (Å²) in [5, 5.41) is 7.61. The molecule has 1 aliphatic carbocycles. The molecule has 0 saturated carbocycles. The molecule has 0 saturated heterocycles. The molecule has 1 aliphatic heterocycles. The zero-order chi connectivity index (χ0) is 34.1. The van der Waals surface area contributed by atoms with Crippen molar-refractivity contribution in [2.45, 2.75) is 65.1 Å². The van der Waals surface area contributed by atoms with Crippen LogP contribution in [0.1, 0.15) is 62.0 Å². The Morgan fingerprint density at radius 2 is 1.77 bits per heavy atom. The van der Waals surface area contributed by atoms with Gasteiger partial charge in [-0.15, -0.1) is 0 Å². The van der Waals surface area contributed by atoms with Crippen molar-refractivity contribution < 1.29 is 23.8 Å². The van der Waals surface area contributed by atoms with Crippen molar-refractivity contribution in [2.75, 3.05) is 33.2 Å². The summed E-state index contributed by atoms with van der Waals surface area (Å²) in [6.45, 7) is 6.70. The highest BCUT2D eigenvalue weighted by Gasteiger charge is 2.32. The first-order valence-corrected chi connectivity index (χ1v) is 16.5. The number of ether oxygens (including phenoxy) is 3. The van der Waals surface area contributed by atoms with E-state index in [1.54, 1.807) is 33.5 Å². The Balaban J connectivity index is 1.40. The van der Waals surface area contributed by atoms with Gasteiger partial charge in [-0.25, -0.2) is 0 Å². The second-order valence-corrected chi connectivity index (χ2v) is 13.1. The summed E-state index contributed by atoms with van der Waals surface area (Å²) in [6, 6.07) is 14.3. The van der Waals surface area contributed by atoms with Gasteiger partial charge in [0, 0.05) is 35.6 Å².